The van der Waals surface area contributed by atoms with Crippen LogP contribution in [-0.4, -0.2) is 15.0 Å². The summed E-state index contributed by atoms with van der Waals surface area (Å²) in [6.45, 7) is 4.52. The third-order valence-electron chi connectivity index (χ3n) is 2.38. The highest BCUT2D eigenvalue weighted by Crippen LogP contribution is 2.25. The maximum Gasteiger partial charge on any atom is 0.0967 e. The Hall–Kier alpha value is -1.20. The van der Waals surface area contributed by atoms with Crippen molar-refractivity contribution in [1.29, 1.82) is 0 Å². The summed E-state index contributed by atoms with van der Waals surface area (Å²) in [5, 5.41) is 8.05. The first-order valence-corrected chi connectivity index (χ1v) is 5.79. The maximum absolute atomic E-state index is 5.51. The van der Waals surface area contributed by atoms with Gasteiger partial charge < -0.3 is 5.73 Å². The zero-order chi connectivity index (χ0) is 11.7. The molecule has 0 aliphatic heterocycles. The van der Waals surface area contributed by atoms with Crippen LogP contribution in [0.15, 0.2) is 22.8 Å². The van der Waals surface area contributed by atoms with Crippen LogP contribution >= 0.6 is 15.9 Å². The number of hydrogen-bond donors (Lipinski definition) is 1. The van der Waals surface area contributed by atoms with Gasteiger partial charge in [-0.05, 0) is 47.0 Å². The summed E-state index contributed by atoms with van der Waals surface area (Å²) < 4.78 is 2.76. The standard InChI is InChI=1S/C11H13BrN4/c1-7-3-8(2)11(10(12)4-7)16-6-9(5-13)14-15-16/h3-4,6H,5,13H2,1-2H3. The third kappa shape index (κ3) is 2.01. The maximum atomic E-state index is 5.51. The van der Waals surface area contributed by atoms with E-state index >= 15 is 0 Å². The van der Waals surface area contributed by atoms with Crippen LogP contribution in [0.1, 0.15) is 16.8 Å². The number of aryl methyl sites for hydroxylation is 2. The van der Waals surface area contributed by atoms with Gasteiger partial charge in [-0.15, -0.1) is 5.10 Å². The van der Waals surface area contributed by atoms with Gasteiger partial charge in [0.25, 0.3) is 0 Å². The molecular weight excluding hydrogens is 268 g/mol. The largest absolute Gasteiger partial charge is 0.325 e. The second-order valence-electron chi connectivity index (χ2n) is 3.77. The van der Waals surface area contributed by atoms with Crippen molar-refractivity contribution in [2.75, 3.05) is 0 Å². The number of rotatable bonds is 2. The Bertz CT molecular complexity index is 495. The lowest BCUT2D eigenvalue weighted by Gasteiger charge is -2.08. The highest BCUT2D eigenvalue weighted by Gasteiger charge is 2.09. The fourth-order valence-electron chi connectivity index (χ4n) is 1.70. The Kier molecular flexibility index (Phi) is 3.07. The molecule has 2 N–H and O–H groups in total. The van der Waals surface area contributed by atoms with Gasteiger partial charge in [-0.25, -0.2) is 4.68 Å². The fraction of sp³-hybridized carbons (Fsp3) is 0.273. The summed E-state index contributed by atoms with van der Waals surface area (Å²) in [5.74, 6) is 0. The van der Waals surface area contributed by atoms with E-state index in [1.54, 1.807) is 4.68 Å². The molecule has 0 bridgehead atoms. The molecule has 2 aromatic rings. The van der Waals surface area contributed by atoms with Crippen LogP contribution in [0.3, 0.4) is 0 Å². The monoisotopic (exact) mass is 280 g/mol. The van der Waals surface area contributed by atoms with Crippen molar-refractivity contribution >= 4 is 15.9 Å². The van der Waals surface area contributed by atoms with Crippen LogP contribution in [-0.2, 0) is 6.54 Å². The van der Waals surface area contributed by atoms with Gasteiger partial charge in [0.15, 0.2) is 0 Å². The molecule has 0 aliphatic carbocycles. The van der Waals surface area contributed by atoms with Crippen LogP contribution in [0, 0.1) is 13.8 Å². The molecule has 0 aliphatic rings. The minimum Gasteiger partial charge on any atom is -0.325 e. The highest BCUT2D eigenvalue weighted by molar-refractivity contribution is 9.10. The summed E-state index contributed by atoms with van der Waals surface area (Å²) in [4.78, 5) is 0. The van der Waals surface area contributed by atoms with Gasteiger partial charge >= 0.3 is 0 Å². The smallest absolute Gasteiger partial charge is 0.0967 e. The SMILES string of the molecule is Cc1cc(C)c(-n2cc(CN)nn2)c(Br)c1. The molecule has 0 saturated heterocycles. The quantitative estimate of drug-likeness (QED) is 0.917. The summed E-state index contributed by atoms with van der Waals surface area (Å²) in [7, 11) is 0. The molecule has 0 amide bonds. The molecule has 0 fully saturated rings. The first-order valence-electron chi connectivity index (χ1n) is 5.00. The highest BCUT2D eigenvalue weighted by atomic mass is 79.9. The van der Waals surface area contributed by atoms with Gasteiger partial charge in [-0.2, -0.15) is 0 Å². The molecule has 0 atom stereocenters. The molecule has 0 unspecified atom stereocenters. The Balaban J connectivity index is 2.55. The van der Waals surface area contributed by atoms with Crippen molar-refractivity contribution < 1.29 is 0 Å². The number of halogens is 1. The molecule has 1 aromatic heterocycles. The first kappa shape index (κ1) is 11.3. The number of hydrogen-bond acceptors (Lipinski definition) is 3. The van der Waals surface area contributed by atoms with E-state index in [9.17, 15) is 0 Å². The van der Waals surface area contributed by atoms with E-state index in [2.05, 4.69) is 52.2 Å². The van der Waals surface area contributed by atoms with E-state index < -0.39 is 0 Å². The van der Waals surface area contributed by atoms with Crippen LogP contribution < -0.4 is 5.73 Å². The summed E-state index contributed by atoms with van der Waals surface area (Å²) in [6.07, 6.45) is 1.85. The average molecular weight is 281 g/mol. The van der Waals surface area contributed by atoms with E-state index in [4.69, 9.17) is 5.73 Å². The van der Waals surface area contributed by atoms with Crippen molar-refractivity contribution in [2.24, 2.45) is 5.73 Å². The van der Waals surface area contributed by atoms with E-state index in [1.165, 1.54) is 5.56 Å². The fourth-order valence-corrected chi connectivity index (χ4v) is 2.55. The number of nitrogens with zero attached hydrogens (tertiary/aromatic N) is 3. The Morgan fingerprint density at radius 3 is 2.69 bits per heavy atom. The van der Waals surface area contributed by atoms with E-state index in [1.807, 2.05) is 6.20 Å². The second kappa shape index (κ2) is 4.35. The Labute approximate surface area is 103 Å². The van der Waals surface area contributed by atoms with Crippen molar-refractivity contribution in [3.63, 3.8) is 0 Å². The molecule has 0 radical (unpaired) electrons. The van der Waals surface area contributed by atoms with Crippen molar-refractivity contribution in [3.05, 3.63) is 39.6 Å². The van der Waals surface area contributed by atoms with Crippen LogP contribution in [0.2, 0.25) is 0 Å². The van der Waals surface area contributed by atoms with Crippen LogP contribution in [0.5, 0.6) is 0 Å². The van der Waals surface area contributed by atoms with Crippen molar-refractivity contribution in [3.8, 4) is 5.69 Å². The van der Waals surface area contributed by atoms with Gasteiger partial charge in [-0.3, -0.25) is 0 Å². The lowest BCUT2D eigenvalue weighted by molar-refractivity contribution is 0.789. The van der Waals surface area contributed by atoms with E-state index in [0.29, 0.717) is 6.54 Å². The van der Waals surface area contributed by atoms with Crippen LogP contribution in [0.4, 0.5) is 0 Å². The van der Waals surface area contributed by atoms with E-state index in [-0.39, 0.29) is 0 Å². The Morgan fingerprint density at radius 2 is 2.12 bits per heavy atom. The zero-order valence-electron chi connectivity index (χ0n) is 9.24. The second-order valence-corrected chi connectivity index (χ2v) is 4.63. The normalized spacial score (nSPS) is 10.8. The van der Waals surface area contributed by atoms with Crippen molar-refractivity contribution in [2.45, 2.75) is 20.4 Å². The van der Waals surface area contributed by atoms with Crippen LogP contribution in [0.25, 0.3) is 5.69 Å². The molecule has 1 heterocycles. The van der Waals surface area contributed by atoms with Gasteiger partial charge in [0.2, 0.25) is 0 Å². The molecule has 1 aromatic carbocycles. The van der Waals surface area contributed by atoms with Gasteiger partial charge in [-0.1, -0.05) is 11.3 Å². The lowest BCUT2D eigenvalue weighted by Crippen LogP contribution is -2.00. The van der Waals surface area contributed by atoms with E-state index in [0.717, 1.165) is 21.4 Å². The summed E-state index contributed by atoms with van der Waals surface area (Å²) in [5.41, 5.74) is 9.68. The lowest BCUT2D eigenvalue weighted by atomic mass is 10.1. The van der Waals surface area contributed by atoms with Crippen molar-refractivity contribution in [1.82, 2.24) is 15.0 Å². The predicted molar refractivity (Wildman–Crippen MR) is 66.4 cm³/mol. The van der Waals surface area contributed by atoms with Gasteiger partial charge in [0.1, 0.15) is 0 Å². The van der Waals surface area contributed by atoms with Gasteiger partial charge in [0.05, 0.1) is 17.6 Å². The molecule has 4 nitrogen and oxygen atoms in total. The first-order chi connectivity index (χ1) is 7.61. The van der Waals surface area contributed by atoms with Gasteiger partial charge in [0, 0.05) is 11.0 Å². The zero-order valence-corrected chi connectivity index (χ0v) is 10.8. The molecule has 2 rings (SSSR count). The third-order valence-corrected chi connectivity index (χ3v) is 2.98. The minimum atomic E-state index is 0.405. The molecule has 16 heavy (non-hydrogen) atoms. The average Bonchev–Trinajstić information content (AvgIpc) is 2.64. The minimum absolute atomic E-state index is 0.405. The molecular formula is C11H13BrN4. The molecule has 0 spiro atoms. The Morgan fingerprint density at radius 1 is 1.38 bits per heavy atom. The molecule has 5 heteroatoms. The molecule has 84 valence electrons. The number of nitrogens with two attached hydrogens (primary N) is 1. The summed E-state index contributed by atoms with van der Waals surface area (Å²) >= 11 is 3.55. The number of aromatic nitrogens is 3. The summed E-state index contributed by atoms with van der Waals surface area (Å²) in [6, 6.07) is 4.18. The topological polar surface area (TPSA) is 56.7 Å². The molecule has 0 saturated carbocycles. The predicted octanol–water partition coefficient (Wildman–Crippen LogP) is 2.11. The number of benzene rings is 1.